The van der Waals surface area contributed by atoms with E-state index in [4.69, 9.17) is 5.41 Å². The maximum absolute atomic E-state index is 13.4. The van der Waals surface area contributed by atoms with Crippen LogP contribution in [-0.2, 0) is 10.3 Å². The van der Waals surface area contributed by atoms with E-state index in [2.05, 4.69) is 5.32 Å². The van der Waals surface area contributed by atoms with Gasteiger partial charge < -0.3 is 10.4 Å². The molecule has 0 radical (unpaired) electrons. The standard InChI is InChI=1S/C18H23N3O2/c19-17-20-18(12-9-10-12,13-5-4-8-15(22)11-13)16(23)21(17)14-6-2-1-3-7-14/h4-5,8,11-12,14,22H,1-3,6-7,9-10H2,(H2,19,20). The average molecular weight is 313 g/mol. The molecule has 3 aliphatic rings. The molecule has 1 aliphatic heterocycles. The number of phenolic OH excluding ortho intramolecular Hbond substituents is 1. The summed E-state index contributed by atoms with van der Waals surface area (Å²) >= 11 is 0. The Bertz CT molecular complexity index is 649. The van der Waals surface area contributed by atoms with Crippen molar-refractivity contribution < 1.29 is 9.90 Å². The van der Waals surface area contributed by atoms with Crippen LogP contribution in [0.3, 0.4) is 0 Å². The maximum Gasteiger partial charge on any atom is 0.260 e. The average Bonchev–Trinajstić information content (AvgIpc) is 3.35. The van der Waals surface area contributed by atoms with Crippen molar-refractivity contribution in [1.29, 1.82) is 5.41 Å². The normalized spacial score (nSPS) is 29.0. The fraction of sp³-hybridized carbons (Fsp3) is 0.556. The lowest BCUT2D eigenvalue weighted by atomic mass is 9.84. The Hall–Kier alpha value is -2.04. The number of hydrogen-bond acceptors (Lipinski definition) is 3. The summed E-state index contributed by atoms with van der Waals surface area (Å²) in [5.74, 6) is 0.616. The molecule has 1 aromatic rings. The van der Waals surface area contributed by atoms with Crippen LogP contribution in [0.2, 0.25) is 0 Å². The molecule has 23 heavy (non-hydrogen) atoms. The number of benzene rings is 1. The first kappa shape index (κ1) is 14.5. The van der Waals surface area contributed by atoms with Crippen LogP contribution in [0.25, 0.3) is 0 Å². The van der Waals surface area contributed by atoms with E-state index in [1.807, 2.05) is 6.07 Å². The third-order valence-electron chi connectivity index (χ3n) is 5.54. The van der Waals surface area contributed by atoms with Gasteiger partial charge in [-0.1, -0.05) is 31.4 Å². The van der Waals surface area contributed by atoms with Crippen LogP contribution < -0.4 is 5.32 Å². The van der Waals surface area contributed by atoms with Crippen molar-refractivity contribution in [1.82, 2.24) is 10.2 Å². The predicted molar refractivity (Wildman–Crippen MR) is 87.1 cm³/mol. The quantitative estimate of drug-likeness (QED) is 0.803. The van der Waals surface area contributed by atoms with Gasteiger partial charge in [0.25, 0.3) is 5.91 Å². The first-order valence-electron chi connectivity index (χ1n) is 8.63. The van der Waals surface area contributed by atoms with Gasteiger partial charge in [-0.15, -0.1) is 0 Å². The third-order valence-corrected chi connectivity index (χ3v) is 5.54. The van der Waals surface area contributed by atoms with Crippen LogP contribution in [0.5, 0.6) is 5.75 Å². The number of carbonyl (C=O) groups is 1. The monoisotopic (exact) mass is 313 g/mol. The minimum atomic E-state index is -0.854. The highest BCUT2D eigenvalue weighted by atomic mass is 16.3. The smallest absolute Gasteiger partial charge is 0.260 e. The number of phenols is 1. The fourth-order valence-electron chi connectivity index (χ4n) is 4.26. The Morgan fingerprint density at radius 1 is 1.17 bits per heavy atom. The first-order chi connectivity index (χ1) is 11.1. The molecule has 1 atom stereocenters. The molecule has 1 saturated heterocycles. The molecule has 1 aromatic carbocycles. The fourth-order valence-corrected chi connectivity index (χ4v) is 4.26. The number of aromatic hydroxyl groups is 1. The second-order valence-electron chi connectivity index (χ2n) is 7.07. The summed E-state index contributed by atoms with van der Waals surface area (Å²) in [7, 11) is 0. The molecule has 122 valence electrons. The van der Waals surface area contributed by atoms with Crippen molar-refractivity contribution in [3.05, 3.63) is 29.8 Å². The first-order valence-corrected chi connectivity index (χ1v) is 8.63. The van der Waals surface area contributed by atoms with E-state index >= 15 is 0 Å². The molecule has 5 heteroatoms. The van der Waals surface area contributed by atoms with Crippen molar-refractivity contribution in [3.63, 3.8) is 0 Å². The van der Waals surface area contributed by atoms with E-state index in [-0.39, 0.29) is 29.6 Å². The molecule has 1 amide bonds. The van der Waals surface area contributed by atoms with E-state index in [1.165, 1.54) is 6.42 Å². The molecule has 0 aromatic heterocycles. The van der Waals surface area contributed by atoms with Crippen LogP contribution in [-0.4, -0.2) is 27.9 Å². The SMILES string of the molecule is N=C1NC(c2cccc(O)c2)(C2CC2)C(=O)N1C1CCCCC1. The number of amides is 1. The number of nitrogens with one attached hydrogen (secondary N) is 2. The number of carbonyl (C=O) groups excluding carboxylic acids is 1. The van der Waals surface area contributed by atoms with Crippen molar-refractivity contribution in [2.24, 2.45) is 5.92 Å². The molecule has 3 N–H and O–H groups in total. The lowest BCUT2D eigenvalue weighted by Crippen LogP contribution is -2.47. The molecule has 2 aliphatic carbocycles. The summed E-state index contributed by atoms with van der Waals surface area (Å²) in [6.07, 6.45) is 7.42. The van der Waals surface area contributed by atoms with Gasteiger partial charge in [-0.3, -0.25) is 15.1 Å². The lowest BCUT2D eigenvalue weighted by Gasteiger charge is -2.32. The van der Waals surface area contributed by atoms with Gasteiger partial charge in [-0.05, 0) is 49.3 Å². The zero-order valence-corrected chi connectivity index (χ0v) is 13.2. The van der Waals surface area contributed by atoms with Gasteiger partial charge in [0.1, 0.15) is 11.3 Å². The molecule has 4 rings (SSSR count). The lowest BCUT2D eigenvalue weighted by molar-refractivity contribution is -0.134. The second kappa shape index (κ2) is 5.25. The van der Waals surface area contributed by atoms with Crippen molar-refractivity contribution >= 4 is 11.9 Å². The minimum absolute atomic E-state index is 0.00231. The van der Waals surface area contributed by atoms with Crippen LogP contribution in [0.15, 0.2) is 24.3 Å². The Morgan fingerprint density at radius 3 is 2.57 bits per heavy atom. The molecule has 0 spiro atoms. The van der Waals surface area contributed by atoms with Crippen LogP contribution in [0.1, 0.15) is 50.5 Å². The highest BCUT2D eigenvalue weighted by Crippen LogP contribution is 2.50. The summed E-state index contributed by atoms with van der Waals surface area (Å²) < 4.78 is 0. The Morgan fingerprint density at radius 2 is 1.91 bits per heavy atom. The summed E-state index contributed by atoms with van der Waals surface area (Å²) in [5.41, 5.74) is -0.0687. The number of rotatable bonds is 3. The van der Waals surface area contributed by atoms with Gasteiger partial charge in [0.2, 0.25) is 0 Å². The van der Waals surface area contributed by atoms with Crippen LogP contribution in [0, 0.1) is 11.3 Å². The molecule has 5 nitrogen and oxygen atoms in total. The third kappa shape index (κ3) is 2.21. The maximum atomic E-state index is 13.4. The van der Waals surface area contributed by atoms with Gasteiger partial charge in [-0.25, -0.2) is 0 Å². The van der Waals surface area contributed by atoms with Crippen molar-refractivity contribution in [2.45, 2.75) is 56.5 Å². The Kier molecular flexibility index (Phi) is 3.32. The van der Waals surface area contributed by atoms with Crippen molar-refractivity contribution in [3.8, 4) is 5.75 Å². The summed E-state index contributed by atoms with van der Waals surface area (Å²) in [5, 5.41) is 21.5. The largest absolute Gasteiger partial charge is 0.508 e. The number of guanidine groups is 1. The number of nitrogens with zero attached hydrogens (tertiary/aromatic N) is 1. The zero-order chi connectivity index (χ0) is 16.0. The minimum Gasteiger partial charge on any atom is -0.508 e. The van der Waals surface area contributed by atoms with Gasteiger partial charge in [0.15, 0.2) is 5.96 Å². The summed E-state index contributed by atoms with van der Waals surface area (Å²) in [6, 6.07) is 7.10. The van der Waals surface area contributed by atoms with E-state index in [0.29, 0.717) is 0 Å². The topological polar surface area (TPSA) is 76.4 Å². The Labute approximate surface area is 136 Å². The van der Waals surface area contributed by atoms with E-state index in [0.717, 1.165) is 44.1 Å². The van der Waals surface area contributed by atoms with Gasteiger partial charge in [0, 0.05) is 6.04 Å². The number of hydrogen-bond donors (Lipinski definition) is 3. The molecule has 0 bridgehead atoms. The molecular weight excluding hydrogens is 290 g/mol. The van der Waals surface area contributed by atoms with E-state index in [9.17, 15) is 9.90 Å². The van der Waals surface area contributed by atoms with Crippen LogP contribution >= 0.6 is 0 Å². The molecule has 1 heterocycles. The summed E-state index contributed by atoms with van der Waals surface area (Å²) in [4.78, 5) is 15.1. The predicted octanol–water partition coefficient (Wildman–Crippen LogP) is 2.70. The van der Waals surface area contributed by atoms with Gasteiger partial charge in [-0.2, -0.15) is 0 Å². The molecular formula is C18H23N3O2. The highest BCUT2D eigenvalue weighted by molar-refractivity contribution is 6.09. The van der Waals surface area contributed by atoms with E-state index < -0.39 is 5.54 Å². The molecule has 1 unspecified atom stereocenters. The Balaban J connectivity index is 1.73. The zero-order valence-electron chi connectivity index (χ0n) is 13.2. The van der Waals surface area contributed by atoms with Crippen LogP contribution in [0.4, 0.5) is 0 Å². The summed E-state index contributed by atoms with van der Waals surface area (Å²) in [6.45, 7) is 0. The highest BCUT2D eigenvalue weighted by Gasteiger charge is 2.60. The van der Waals surface area contributed by atoms with E-state index in [1.54, 1.807) is 23.1 Å². The second-order valence-corrected chi connectivity index (χ2v) is 7.07. The van der Waals surface area contributed by atoms with Gasteiger partial charge in [0.05, 0.1) is 0 Å². The van der Waals surface area contributed by atoms with Crippen molar-refractivity contribution in [2.75, 3.05) is 0 Å². The van der Waals surface area contributed by atoms with Gasteiger partial charge >= 0.3 is 0 Å². The molecule has 2 saturated carbocycles. The molecule has 3 fully saturated rings.